The minimum atomic E-state index is -0.428. The lowest BCUT2D eigenvalue weighted by Gasteiger charge is -2.10. The summed E-state index contributed by atoms with van der Waals surface area (Å²) < 4.78 is 10.4. The molecular weight excluding hydrogens is 180 g/mol. The van der Waals surface area contributed by atoms with E-state index < -0.39 is 6.10 Å². The molecular formula is C11H14O3. The third-order valence-corrected chi connectivity index (χ3v) is 2.12. The number of aliphatic hydroxyl groups excluding tert-OH is 1. The molecule has 2 unspecified atom stereocenters. The van der Waals surface area contributed by atoms with Crippen LogP contribution < -0.4 is 4.74 Å². The van der Waals surface area contributed by atoms with Crippen LogP contribution in [0.15, 0.2) is 30.3 Å². The van der Waals surface area contributed by atoms with Crippen LogP contribution in [0.1, 0.15) is 6.42 Å². The van der Waals surface area contributed by atoms with Crippen molar-refractivity contribution in [2.45, 2.75) is 18.6 Å². The SMILES string of the molecule is OC(COc1ccccc1)CC1CO1. The van der Waals surface area contributed by atoms with Gasteiger partial charge in [-0.1, -0.05) is 18.2 Å². The third-order valence-electron chi connectivity index (χ3n) is 2.12. The van der Waals surface area contributed by atoms with Gasteiger partial charge in [0.1, 0.15) is 12.4 Å². The van der Waals surface area contributed by atoms with Crippen molar-refractivity contribution >= 4 is 0 Å². The summed E-state index contributed by atoms with van der Waals surface area (Å²) in [6.45, 7) is 1.12. The van der Waals surface area contributed by atoms with Crippen molar-refractivity contribution in [3.05, 3.63) is 30.3 Å². The van der Waals surface area contributed by atoms with Gasteiger partial charge in [0, 0.05) is 6.42 Å². The molecule has 1 heterocycles. The highest BCUT2D eigenvalue weighted by atomic mass is 16.6. The first kappa shape index (κ1) is 9.49. The number of para-hydroxylation sites is 1. The Labute approximate surface area is 83.3 Å². The summed E-state index contributed by atoms with van der Waals surface area (Å²) in [6, 6.07) is 9.50. The summed E-state index contributed by atoms with van der Waals surface area (Å²) in [4.78, 5) is 0. The van der Waals surface area contributed by atoms with Crippen molar-refractivity contribution < 1.29 is 14.6 Å². The van der Waals surface area contributed by atoms with E-state index in [0.717, 1.165) is 12.4 Å². The lowest BCUT2D eigenvalue weighted by Crippen LogP contribution is -2.19. The van der Waals surface area contributed by atoms with E-state index in [1.54, 1.807) is 0 Å². The van der Waals surface area contributed by atoms with Gasteiger partial charge in [-0.15, -0.1) is 0 Å². The average Bonchev–Trinajstić information content (AvgIpc) is 3.00. The summed E-state index contributed by atoms with van der Waals surface area (Å²) >= 11 is 0. The zero-order valence-corrected chi connectivity index (χ0v) is 7.93. The van der Waals surface area contributed by atoms with Crippen LogP contribution in [0.2, 0.25) is 0 Å². The minimum absolute atomic E-state index is 0.254. The number of hydrogen-bond acceptors (Lipinski definition) is 3. The van der Waals surface area contributed by atoms with E-state index in [9.17, 15) is 5.11 Å². The summed E-state index contributed by atoms with van der Waals surface area (Å²) in [5, 5.41) is 9.52. The Morgan fingerprint density at radius 3 is 2.79 bits per heavy atom. The molecule has 1 fully saturated rings. The number of hydrogen-bond donors (Lipinski definition) is 1. The Morgan fingerprint density at radius 2 is 2.14 bits per heavy atom. The molecule has 0 radical (unpaired) electrons. The Balaban J connectivity index is 1.70. The monoisotopic (exact) mass is 194 g/mol. The first-order valence-electron chi connectivity index (χ1n) is 4.82. The van der Waals surface area contributed by atoms with E-state index in [2.05, 4.69) is 0 Å². The van der Waals surface area contributed by atoms with Gasteiger partial charge in [0.2, 0.25) is 0 Å². The van der Waals surface area contributed by atoms with Crippen LogP contribution in [0.3, 0.4) is 0 Å². The molecule has 14 heavy (non-hydrogen) atoms. The van der Waals surface area contributed by atoms with Crippen LogP contribution in [-0.2, 0) is 4.74 Å². The molecule has 3 heteroatoms. The van der Waals surface area contributed by atoms with Crippen LogP contribution in [0.5, 0.6) is 5.75 Å². The number of ether oxygens (including phenoxy) is 2. The normalized spacial score (nSPS) is 21.6. The van der Waals surface area contributed by atoms with Crippen LogP contribution >= 0.6 is 0 Å². The fourth-order valence-corrected chi connectivity index (χ4v) is 1.28. The van der Waals surface area contributed by atoms with Gasteiger partial charge in [-0.25, -0.2) is 0 Å². The maximum Gasteiger partial charge on any atom is 0.119 e. The van der Waals surface area contributed by atoms with Gasteiger partial charge in [0.25, 0.3) is 0 Å². The topological polar surface area (TPSA) is 42.0 Å². The van der Waals surface area contributed by atoms with Gasteiger partial charge in [-0.2, -0.15) is 0 Å². The molecule has 76 valence electrons. The maximum absolute atomic E-state index is 9.52. The molecule has 0 aromatic heterocycles. The highest BCUT2D eigenvalue weighted by molar-refractivity contribution is 5.20. The second-order valence-corrected chi connectivity index (χ2v) is 3.47. The number of benzene rings is 1. The molecule has 3 nitrogen and oxygen atoms in total. The summed E-state index contributed by atoms with van der Waals surface area (Å²) in [5.74, 6) is 0.795. The molecule has 1 aromatic rings. The van der Waals surface area contributed by atoms with E-state index in [4.69, 9.17) is 9.47 Å². The molecule has 2 rings (SSSR count). The van der Waals surface area contributed by atoms with Crippen LogP contribution in [0.25, 0.3) is 0 Å². The summed E-state index contributed by atoms with van der Waals surface area (Å²) in [6.07, 6.45) is 0.499. The predicted molar refractivity (Wildman–Crippen MR) is 52.3 cm³/mol. The predicted octanol–water partition coefficient (Wildman–Crippen LogP) is 1.22. The van der Waals surface area contributed by atoms with Crippen LogP contribution in [-0.4, -0.2) is 30.5 Å². The molecule has 1 N–H and O–H groups in total. The van der Waals surface area contributed by atoms with Crippen molar-refractivity contribution in [3.63, 3.8) is 0 Å². The van der Waals surface area contributed by atoms with Gasteiger partial charge in [-0.3, -0.25) is 0 Å². The first-order chi connectivity index (χ1) is 6.84. The van der Waals surface area contributed by atoms with E-state index in [1.165, 1.54) is 0 Å². The third kappa shape index (κ3) is 3.01. The molecule has 0 aliphatic carbocycles. The van der Waals surface area contributed by atoms with E-state index >= 15 is 0 Å². The standard InChI is InChI=1S/C11H14O3/c12-9(6-11-8-14-11)7-13-10-4-2-1-3-5-10/h1-5,9,11-12H,6-8H2. The maximum atomic E-state index is 9.52. The first-order valence-corrected chi connectivity index (χ1v) is 4.82. The van der Waals surface area contributed by atoms with Crippen molar-refractivity contribution in [2.24, 2.45) is 0 Å². The van der Waals surface area contributed by atoms with Gasteiger partial charge in [0.05, 0.1) is 18.8 Å². The fraction of sp³-hybridized carbons (Fsp3) is 0.455. The Kier molecular flexibility index (Phi) is 3.01. The molecule has 1 aromatic carbocycles. The summed E-state index contributed by atoms with van der Waals surface area (Å²) in [5.41, 5.74) is 0. The quantitative estimate of drug-likeness (QED) is 0.716. The van der Waals surface area contributed by atoms with Crippen molar-refractivity contribution in [1.29, 1.82) is 0 Å². The van der Waals surface area contributed by atoms with Crippen molar-refractivity contribution in [3.8, 4) is 5.75 Å². The molecule has 2 atom stereocenters. The lowest BCUT2D eigenvalue weighted by molar-refractivity contribution is 0.0925. The smallest absolute Gasteiger partial charge is 0.119 e. The molecule has 0 saturated carbocycles. The molecule has 1 aliphatic heterocycles. The van der Waals surface area contributed by atoms with Gasteiger partial charge >= 0.3 is 0 Å². The van der Waals surface area contributed by atoms with Gasteiger partial charge in [-0.05, 0) is 12.1 Å². The fourth-order valence-electron chi connectivity index (χ4n) is 1.28. The van der Waals surface area contributed by atoms with E-state index in [-0.39, 0.29) is 6.10 Å². The second kappa shape index (κ2) is 4.44. The zero-order valence-electron chi connectivity index (χ0n) is 7.93. The molecule has 0 spiro atoms. The van der Waals surface area contributed by atoms with Gasteiger partial charge < -0.3 is 14.6 Å². The number of epoxide rings is 1. The highest BCUT2D eigenvalue weighted by Crippen LogP contribution is 2.16. The second-order valence-electron chi connectivity index (χ2n) is 3.47. The lowest BCUT2D eigenvalue weighted by atomic mass is 10.2. The number of rotatable bonds is 5. The zero-order chi connectivity index (χ0) is 9.80. The molecule has 0 amide bonds. The minimum Gasteiger partial charge on any atom is -0.491 e. The largest absolute Gasteiger partial charge is 0.491 e. The van der Waals surface area contributed by atoms with Crippen LogP contribution in [0.4, 0.5) is 0 Å². The Hall–Kier alpha value is -1.06. The highest BCUT2D eigenvalue weighted by Gasteiger charge is 2.25. The van der Waals surface area contributed by atoms with Crippen molar-refractivity contribution in [1.82, 2.24) is 0 Å². The molecule has 1 saturated heterocycles. The van der Waals surface area contributed by atoms with E-state index in [1.807, 2.05) is 30.3 Å². The van der Waals surface area contributed by atoms with E-state index in [0.29, 0.717) is 13.0 Å². The molecule has 0 bridgehead atoms. The Bertz CT molecular complexity index is 269. The Morgan fingerprint density at radius 1 is 1.43 bits per heavy atom. The summed E-state index contributed by atoms with van der Waals surface area (Å²) in [7, 11) is 0. The molecule has 1 aliphatic rings. The number of aliphatic hydroxyl groups is 1. The van der Waals surface area contributed by atoms with Crippen LogP contribution in [0, 0.1) is 0 Å². The average molecular weight is 194 g/mol. The van der Waals surface area contributed by atoms with Gasteiger partial charge in [0.15, 0.2) is 0 Å². The van der Waals surface area contributed by atoms with Crippen molar-refractivity contribution in [2.75, 3.05) is 13.2 Å².